The van der Waals surface area contributed by atoms with Crippen molar-refractivity contribution in [2.75, 3.05) is 6.54 Å². The lowest BCUT2D eigenvalue weighted by atomic mass is 10.2. The molecule has 1 aromatic rings. The van der Waals surface area contributed by atoms with Gasteiger partial charge < -0.3 is 5.32 Å². The highest BCUT2D eigenvalue weighted by Gasteiger charge is 2.29. The van der Waals surface area contributed by atoms with Gasteiger partial charge in [-0.3, -0.25) is 14.2 Å². The largest absolute Gasteiger partial charge is 0.354 e. The van der Waals surface area contributed by atoms with Crippen LogP contribution in [0.3, 0.4) is 0 Å². The lowest BCUT2D eigenvalue weighted by Gasteiger charge is -2.12. The second-order valence-corrected chi connectivity index (χ2v) is 5.72. The predicted octanol–water partition coefficient (Wildman–Crippen LogP) is 1.55. The summed E-state index contributed by atoms with van der Waals surface area (Å²) in [5.41, 5.74) is -0.262. The molecule has 1 heterocycles. The molecule has 0 unspecified atom stereocenters. The summed E-state index contributed by atoms with van der Waals surface area (Å²) in [4.78, 5) is 27.9. The van der Waals surface area contributed by atoms with Crippen molar-refractivity contribution < 1.29 is 4.79 Å². The van der Waals surface area contributed by atoms with Crippen LogP contribution in [0, 0.1) is 5.92 Å². The third-order valence-electron chi connectivity index (χ3n) is 2.96. The fourth-order valence-electron chi connectivity index (χ4n) is 1.82. The molecule has 0 saturated heterocycles. The Labute approximate surface area is 117 Å². The summed E-state index contributed by atoms with van der Waals surface area (Å²) in [7, 11) is 0. The highest BCUT2D eigenvalue weighted by Crippen LogP contribution is 2.38. The van der Waals surface area contributed by atoms with E-state index >= 15 is 0 Å². The standard InChI is InChI=1S/C13H18ClN3O2/c1-8(2)6-15-11(18)7-17-12(19)5-10(14)16-13(17)9-3-4-9/h5,8-9H,3-4,6-7H2,1-2H3,(H,15,18). The number of carbonyl (C=O) groups is 1. The molecule has 1 aliphatic carbocycles. The van der Waals surface area contributed by atoms with Crippen LogP contribution in [0.25, 0.3) is 0 Å². The highest BCUT2D eigenvalue weighted by atomic mass is 35.5. The molecule has 1 saturated carbocycles. The Morgan fingerprint density at radius 1 is 1.58 bits per heavy atom. The van der Waals surface area contributed by atoms with Crippen molar-refractivity contribution in [3.63, 3.8) is 0 Å². The van der Waals surface area contributed by atoms with E-state index in [1.807, 2.05) is 13.8 Å². The predicted molar refractivity (Wildman–Crippen MR) is 73.3 cm³/mol. The maximum absolute atomic E-state index is 11.9. The first kappa shape index (κ1) is 14.1. The van der Waals surface area contributed by atoms with E-state index in [1.165, 1.54) is 10.6 Å². The normalized spacial score (nSPS) is 14.7. The van der Waals surface area contributed by atoms with E-state index in [0.29, 0.717) is 18.3 Å². The Kier molecular flexibility index (Phi) is 4.24. The van der Waals surface area contributed by atoms with E-state index in [4.69, 9.17) is 11.6 Å². The average molecular weight is 284 g/mol. The summed E-state index contributed by atoms with van der Waals surface area (Å²) >= 11 is 5.81. The summed E-state index contributed by atoms with van der Waals surface area (Å²) < 4.78 is 1.43. The van der Waals surface area contributed by atoms with Crippen LogP contribution in [0.1, 0.15) is 38.4 Å². The van der Waals surface area contributed by atoms with Crippen LogP contribution in [-0.4, -0.2) is 22.0 Å². The Hall–Kier alpha value is -1.36. The maximum Gasteiger partial charge on any atom is 0.255 e. The van der Waals surface area contributed by atoms with Gasteiger partial charge in [0, 0.05) is 18.5 Å². The smallest absolute Gasteiger partial charge is 0.255 e. The van der Waals surface area contributed by atoms with Gasteiger partial charge in [0.2, 0.25) is 5.91 Å². The molecular weight excluding hydrogens is 266 g/mol. The lowest BCUT2D eigenvalue weighted by Crippen LogP contribution is -2.35. The third-order valence-corrected chi connectivity index (χ3v) is 3.15. The summed E-state index contributed by atoms with van der Waals surface area (Å²) in [6.45, 7) is 4.66. The van der Waals surface area contributed by atoms with Gasteiger partial charge in [-0.15, -0.1) is 0 Å². The Balaban J connectivity index is 2.15. The molecule has 6 heteroatoms. The average Bonchev–Trinajstić information content (AvgIpc) is 3.13. The molecule has 0 bridgehead atoms. The summed E-state index contributed by atoms with van der Waals surface area (Å²) in [6.07, 6.45) is 2.00. The van der Waals surface area contributed by atoms with E-state index in [0.717, 1.165) is 12.8 Å². The summed E-state index contributed by atoms with van der Waals surface area (Å²) in [5.74, 6) is 1.12. The summed E-state index contributed by atoms with van der Waals surface area (Å²) in [5, 5.41) is 3.00. The van der Waals surface area contributed by atoms with Crippen molar-refractivity contribution in [2.24, 2.45) is 5.92 Å². The van der Waals surface area contributed by atoms with Gasteiger partial charge >= 0.3 is 0 Å². The molecule has 1 N–H and O–H groups in total. The minimum Gasteiger partial charge on any atom is -0.354 e. The Bertz CT molecular complexity index is 535. The first-order valence-corrected chi connectivity index (χ1v) is 6.89. The van der Waals surface area contributed by atoms with Gasteiger partial charge in [0.25, 0.3) is 5.56 Å². The van der Waals surface area contributed by atoms with Gasteiger partial charge in [-0.1, -0.05) is 25.4 Å². The van der Waals surface area contributed by atoms with Crippen LogP contribution in [0.4, 0.5) is 0 Å². The summed E-state index contributed by atoms with van der Waals surface area (Å²) in [6, 6.07) is 1.25. The Morgan fingerprint density at radius 2 is 2.26 bits per heavy atom. The lowest BCUT2D eigenvalue weighted by molar-refractivity contribution is -0.121. The van der Waals surface area contributed by atoms with Gasteiger partial charge in [-0.2, -0.15) is 0 Å². The van der Waals surface area contributed by atoms with Crippen LogP contribution >= 0.6 is 11.6 Å². The van der Waals surface area contributed by atoms with Crippen molar-refractivity contribution in [2.45, 2.75) is 39.2 Å². The molecule has 1 fully saturated rings. The molecule has 1 aromatic heterocycles. The molecule has 19 heavy (non-hydrogen) atoms. The molecular formula is C13H18ClN3O2. The van der Waals surface area contributed by atoms with Crippen LogP contribution < -0.4 is 10.9 Å². The molecule has 104 valence electrons. The van der Waals surface area contributed by atoms with E-state index in [-0.39, 0.29) is 29.1 Å². The van der Waals surface area contributed by atoms with Gasteiger partial charge in [-0.25, -0.2) is 4.98 Å². The number of halogens is 1. The van der Waals surface area contributed by atoms with E-state index < -0.39 is 0 Å². The van der Waals surface area contributed by atoms with E-state index in [1.54, 1.807) is 0 Å². The van der Waals surface area contributed by atoms with Gasteiger partial charge in [-0.05, 0) is 18.8 Å². The van der Waals surface area contributed by atoms with Gasteiger partial charge in [0.1, 0.15) is 17.5 Å². The second-order valence-electron chi connectivity index (χ2n) is 5.33. The second kappa shape index (κ2) is 5.74. The van der Waals surface area contributed by atoms with Crippen molar-refractivity contribution >= 4 is 17.5 Å². The van der Waals surface area contributed by atoms with Gasteiger partial charge in [0.15, 0.2) is 0 Å². The van der Waals surface area contributed by atoms with Crippen molar-refractivity contribution in [1.82, 2.24) is 14.9 Å². The quantitative estimate of drug-likeness (QED) is 0.834. The van der Waals surface area contributed by atoms with E-state index in [2.05, 4.69) is 10.3 Å². The zero-order valence-electron chi connectivity index (χ0n) is 11.1. The zero-order chi connectivity index (χ0) is 14.0. The van der Waals surface area contributed by atoms with Crippen LogP contribution in [0.2, 0.25) is 5.15 Å². The minimum absolute atomic E-state index is 0.0154. The van der Waals surface area contributed by atoms with Crippen LogP contribution in [0.15, 0.2) is 10.9 Å². The number of hydrogen-bond donors (Lipinski definition) is 1. The maximum atomic E-state index is 11.9. The van der Waals surface area contributed by atoms with Crippen LogP contribution in [0.5, 0.6) is 0 Å². The fraction of sp³-hybridized carbons (Fsp3) is 0.615. The number of rotatable bonds is 5. The molecule has 0 radical (unpaired) electrons. The molecule has 0 aliphatic heterocycles. The number of amides is 1. The molecule has 0 atom stereocenters. The van der Waals surface area contributed by atoms with E-state index in [9.17, 15) is 9.59 Å². The fourth-order valence-corrected chi connectivity index (χ4v) is 2.00. The van der Waals surface area contributed by atoms with Crippen LogP contribution in [-0.2, 0) is 11.3 Å². The zero-order valence-corrected chi connectivity index (χ0v) is 11.9. The highest BCUT2D eigenvalue weighted by molar-refractivity contribution is 6.29. The number of nitrogens with zero attached hydrogens (tertiary/aromatic N) is 2. The number of aromatic nitrogens is 2. The molecule has 1 aliphatic rings. The SMILES string of the molecule is CC(C)CNC(=O)Cn1c(C2CC2)nc(Cl)cc1=O. The Morgan fingerprint density at radius 3 is 2.84 bits per heavy atom. The monoisotopic (exact) mass is 283 g/mol. The van der Waals surface area contributed by atoms with Crippen molar-refractivity contribution in [3.05, 3.63) is 27.4 Å². The first-order valence-electron chi connectivity index (χ1n) is 6.51. The molecule has 5 nitrogen and oxygen atoms in total. The first-order chi connectivity index (χ1) is 8.97. The number of hydrogen-bond acceptors (Lipinski definition) is 3. The van der Waals surface area contributed by atoms with Crippen molar-refractivity contribution in [3.8, 4) is 0 Å². The number of nitrogens with one attached hydrogen (secondary N) is 1. The molecule has 0 spiro atoms. The topological polar surface area (TPSA) is 64.0 Å². The molecule has 0 aromatic carbocycles. The minimum atomic E-state index is -0.262. The number of carbonyl (C=O) groups excluding carboxylic acids is 1. The molecule has 1 amide bonds. The van der Waals surface area contributed by atoms with Crippen molar-refractivity contribution in [1.29, 1.82) is 0 Å². The molecule has 2 rings (SSSR count). The van der Waals surface area contributed by atoms with Gasteiger partial charge in [0.05, 0.1) is 0 Å². The third kappa shape index (κ3) is 3.80.